The number of urea groups is 1. The molecule has 0 aliphatic rings. The molecule has 4 N–H and O–H groups in total. The van der Waals surface area contributed by atoms with Gasteiger partial charge in [-0.25, -0.2) is 22.9 Å². The number of nitrogens with one attached hydrogen (secondary N) is 2. The second-order valence-corrected chi connectivity index (χ2v) is 8.49. The van der Waals surface area contributed by atoms with Crippen molar-refractivity contribution < 1.29 is 26.4 Å². The number of amides is 2. The van der Waals surface area contributed by atoms with Gasteiger partial charge in [0, 0.05) is 12.2 Å². The predicted octanol–water partition coefficient (Wildman–Crippen LogP) is 3.61. The van der Waals surface area contributed by atoms with E-state index in [2.05, 4.69) is 15.0 Å². The molecule has 0 bridgehead atoms. The number of fused-ring (bicyclic) bond motifs is 1. The number of aromatic nitrogens is 2. The summed E-state index contributed by atoms with van der Waals surface area (Å²) in [6, 6.07) is 6.94. The zero-order valence-electron chi connectivity index (χ0n) is 16.6. The van der Waals surface area contributed by atoms with Crippen LogP contribution >= 0.6 is 0 Å². The molecule has 12 heteroatoms. The number of halogens is 3. The molecule has 0 spiro atoms. The first-order chi connectivity index (χ1) is 14.4. The molecule has 2 aromatic carbocycles. The first-order valence-corrected chi connectivity index (χ1v) is 10.7. The Morgan fingerprint density at radius 2 is 1.84 bits per heavy atom. The van der Waals surface area contributed by atoms with Crippen LogP contribution in [-0.2, 0) is 22.7 Å². The van der Waals surface area contributed by atoms with E-state index >= 15 is 0 Å². The average Bonchev–Trinajstić information content (AvgIpc) is 3.05. The molecule has 166 valence electrons. The molecule has 0 fully saturated rings. The number of hydrogen-bond acceptors (Lipinski definition) is 4. The van der Waals surface area contributed by atoms with Crippen molar-refractivity contribution in [3.8, 4) is 0 Å². The smallest absolute Gasteiger partial charge is 0.351 e. The van der Waals surface area contributed by atoms with E-state index in [0.717, 1.165) is 12.1 Å². The zero-order valence-corrected chi connectivity index (χ0v) is 17.4. The molecule has 0 radical (unpaired) electrons. The predicted molar refractivity (Wildman–Crippen MR) is 109 cm³/mol. The zero-order chi connectivity index (χ0) is 23.0. The first-order valence-electron chi connectivity index (χ1n) is 9.18. The molecule has 3 rings (SSSR count). The van der Waals surface area contributed by atoms with E-state index in [1.54, 1.807) is 13.8 Å². The summed E-state index contributed by atoms with van der Waals surface area (Å²) in [5.41, 5.74) is 5.13. The second kappa shape index (κ2) is 8.19. The minimum absolute atomic E-state index is 0.0621. The van der Waals surface area contributed by atoms with Crippen LogP contribution in [0.3, 0.4) is 0 Å². The van der Waals surface area contributed by atoms with E-state index in [-0.39, 0.29) is 16.2 Å². The van der Waals surface area contributed by atoms with E-state index in [0.29, 0.717) is 17.7 Å². The first kappa shape index (κ1) is 22.6. The lowest BCUT2D eigenvalue weighted by molar-refractivity contribution is -0.137. The number of rotatable bonds is 6. The maximum atomic E-state index is 13.1. The van der Waals surface area contributed by atoms with Crippen LogP contribution in [0.1, 0.15) is 31.3 Å². The molecular formula is C19H20F3N5O3S. The van der Waals surface area contributed by atoms with Crippen LogP contribution in [0, 0.1) is 0 Å². The quantitative estimate of drug-likeness (QED) is 0.526. The van der Waals surface area contributed by atoms with Gasteiger partial charge in [-0.3, -0.25) is 0 Å². The van der Waals surface area contributed by atoms with Gasteiger partial charge in [0.05, 0.1) is 27.5 Å². The normalized spacial score (nSPS) is 13.3. The Kier molecular flexibility index (Phi) is 5.96. The highest BCUT2D eigenvalue weighted by Gasteiger charge is 2.31. The lowest BCUT2D eigenvalue weighted by Gasteiger charge is -2.16. The van der Waals surface area contributed by atoms with E-state index in [1.807, 2.05) is 0 Å². The SMILES string of the molecule is CCn1c([C@@H](C)NS(=O)(=O)c2ccc(NC(N)=O)cc2)nc2ccc(C(F)(F)F)cc21. The van der Waals surface area contributed by atoms with Crippen LogP contribution in [0.25, 0.3) is 11.0 Å². The van der Waals surface area contributed by atoms with E-state index < -0.39 is 33.8 Å². The Balaban J connectivity index is 1.91. The number of nitrogens with two attached hydrogens (primary N) is 1. The Morgan fingerprint density at radius 1 is 1.19 bits per heavy atom. The molecule has 3 aromatic rings. The summed E-state index contributed by atoms with van der Waals surface area (Å²) in [6.07, 6.45) is -4.50. The van der Waals surface area contributed by atoms with E-state index in [4.69, 9.17) is 5.73 Å². The molecule has 8 nitrogen and oxygen atoms in total. The van der Waals surface area contributed by atoms with Gasteiger partial charge in [0.1, 0.15) is 5.82 Å². The molecule has 1 heterocycles. The van der Waals surface area contributed by atoms with Gasteiger partial charge in [0.2, 0.25) is 10.0 Å². The van der Waals surface area contributed by atoms with Crippen LogP contribution in [0.15, 0.2) is 47.4 Å². The standard InChI is InChI=1S/C19H20F3N5O3S/c1-3-27-16-10-12(19(20,21)22)4-9-15(16)25-17(27)11(2)26-31(29,30)14-7-5-13(6-8-14)24-18(23)28/h4-11,26H,3H2,1-2H3,(H3,23,24,28)/t11-/m1/s1. The molecule has 2 amide bonds. The number of alkyl halides is 3. The van der Waals surface area contributed by atoms with Crippen molar-refractivity contribution >= 4 is 32.8 Å². The van der Waals surface area contributed by atoms with Gasteiger partial charge in [0.25, 0.3) is 0 Å². The number of hydrogen-bond donors (Lipinski definition) is 3. The van der Waals surface area contributed by atoms with Gasteiger partial charge in [-0.05, 0) is 56.3 Å². The number of benzene rings is 2. The van der Waals surface area contributed by atoms with Crippen molar-refractivity contribution in [1.29, 1.82) is 0 Å². The van der Waals surface area contributed by atoms with Crippen molar-refractivity contribution in [3.05, 3.63) is 53.9 Å². The minimum Gasteiger partial charge on any atom is -0.351 e. The molecule has 1 atom stereocenters. The maximum absolute atomic E-state index is 13.1. The number of primary amides is 1. The number of aryl methyl sites for hydroxylation is 1. The van der Waals surface area contributed by atoms with Gasteiger partial charge in [-0.15, -0.1) is 0 Å². The third-order valence-corrected chi connectivity index (χ3v) is 6.13. The van der Waals surface area contributed by atoms with Gasteiger partial charge in [0.15, 0.2) is 0 Å². The van der Waals surface area contributed by atoms with E-state index in [1.165, 1.54) is 34.9 Å². The summed E-state index contributed by atoms with van der Waals surface area (Å²) in [5.74, 6) is 0.285. The summed E-state index contributed by atoms with van der Waals surface area (Å²) in [4.78, 5) is 15.1. The molecular weight excluding hydrogens is 435 g/mol. The maximum Gasteiger partial charge on any atom is 0.416 e. The van der Waals surface area contributed by atoms with Gasteiger partial charge in [-0.2, -0.15) is 13.2 Å². The fourth-order valence-corrected chi connectivity index (χ4v) is 4.40. The minimum atomic E-state index is -4.50. The van der Waals surface area contributed by atoms with Gasteiger partial charge >= 0.3 is 12.2 Å². The van der Waals surface area contributed by atoms with Gasteiger partial charge in [-0.1, -0.05) is 0 Å². The number of carbonyl (C=O) groups excluding carboxylic acids is 1. The molecule has 1 aromatic heterocycles. The fourth-order valence-electron chi connectivity index (χ4n) is 3.19. The van der Waals surface area contributed by atoms with Crippen molar-refractivity contribution in [1.82, 2.24) is 14.3 Å². The number of anilines is 1. The summed E-state index contributed by atoms with van der Waals surface area (Å²) in [7, 11) is -3.97. The third kappa shape index (κ3) is 4.80. The number of carbonyl (C=O) groups is 1. The third-order valence-electron chi connectivity index (χ3n) is 4.57. The largest absolute Gasteiger partial charge is 0.416 e. The van der Waals surface area contributed by atoms with Crippen molar-refractivity contribution in [2.45, 2.75) is 37.5 Å². The van der Waals surface area contributed by atoms with Crippen LogP contribution in [0.4, 0.5) is 23.7 Å². The highest BCUT2D eigenvalue weighted by Crippen LogP contribution is 2.32. The van der Waals surface area contributed by atoms with E-state index in [9.17, 15) is 26.4 Å². The lowest BCUT2D eigenvalue weighted by Crippen LogP contribution is -2.29. The average molecular weight is 455 g/mol. The monoisotopic (exact) mass is 455 g/mol. The molecule has 0 aliphatic carbocycles. The molecule has 0 unspecified atom stereocenters. The van der Waals surface area contributed by atoms with Crippen LogP contribution in [0.5, 0.6) is 0 Å². The summed E-state index contributed by atoms with van der Waals surface area (Å²) in [6.45, 7) is 3.59. The lowest BCUT2D eigenvalue weighted by atomic mass is 10.2. The highest BCUT2D eigenvalue weighted by molar-refractivity contribution is 7.89. The van der Waals surface area contributed by atoms with Crippen molar-refractivity contribution in [3.63, 3.8) is 0 Å². The fraction of sp³-hybridized carbons (Fsp3) is 0.263. The Labute approximate surface area is 176 Å². The van der Waals surface area contributed by atoms with Crippen molar-refractivity contribution in [2.24, 2.45) is 5.73 Å². The Hall–Kier alpha value is -3.12. The number of nitrogens with zero attached hydrogens (tertiary/aromatic N) is 2. The number of sulfonamides is 1. The number of imidazole rings is 1. The molecule has 31 heavy (non-hydrogen) atoms. The van der Waals surface area contributed by atoms with Crippen molar-refractivity contribution in [2.75, 3.05) is 5.32 Å². The Bertz CT molecular complexity index is 1220. The van der Waals surface area contributed by atoms with Crippen LogP contribution < -0.4 is 15.8 Å². The van der Waals surface area contributed by atoms with Crippen LogP contribution in [0.2, 0.25) is 0 Å². The summed E-state index contributed by atoms with van der Waals surface area (Å²) in [5, 5.41) is 2.33. The summed E-state index contributed by atoms with van der Waals surface area (Å²) < 4.78 is 68.7. The summed E-state index contributed by atoms with van der Waals surface area (Å²) >= 11 is 0. The topological polar surface area (TPSA) is 119 Å². The molecule has 0 saturated carbocycles. The molecule has 0 saturated heterocycles. The Morgan fingerprint density at radius 3 is 2.39 bits per heavy atom. The van der Waals surface area contributed by atoms with Crippen LogP contribution in [-0.4, -0.2) is 24.0 Å². The second-order valence-electron chi connectivity index (χ2n) is 6.77. The van der Waals surface area contributed by atoms with Gasteiger partial charge < -0.3 is 15.6 Å². The molecule has 0 aliphatic heterocycles. The highest BCUT2D eigenvalue weighted by atomic mass is 32.2.